The summed E-state index contributed by atoms with van der Waals surface area (Å²) in [5, 5.41) is 6.33. The van der Waals surface area contributed by atoms with Gasteiger partial charge < -0.3 is 9.84 Å². The lowest BCUT2D eigenvalue weighted by atomic mass is 10.2. The highest BCUT2D eigenvalue weighted by Crippen LogP contribution is 1.96. The monoisotopic (exact) mass is 183 g/mol. The third kappa shape index (κ3) is 2.85. The molecule has 72 valence electrons. The summed E-state index contributed by atoms with van der Waals surface area (Å²) >= 11 is 0. The largest absolute Gasteiger partial charge is 0.348 e. The van der Waals surface area contributed by atoms with Crippen LogP contribution in [0.5, 0.6) is 0 Å². The van der Waals surface area contributed by atoms with E-state index in [1.165, 1.54) is 0 Å². The Labute approximate surface area is 76.5 Å². The first-order valence-corrected chi connectivity index (χ1v) is 4.16. The zero-order valence-corrected chi connectivity index (χ0v) is 8.00. The molecular weight excluding hydrogens is 170 g/mol. The van der Waals surface area contributed by atoms with Crippen molar-refractivity contribution in [2.75, 3.05) is 0 Å². The molecule has 1 aromatic heterocycles. The van der Waals surface area contributed by atoms with Crippen LogP contribution in [0.1, 0.15) is 25.6 Å². The molecule has 1 heterocycles. The van der Waals surface area contributed by atoms with E-state index >= 15 is 0 Å². The molecule has 0 saturated heterocycles. The molecule has 0 atom stereocenters. The maximum absolute atomic E-state index is 11.1. The third-order valence-corrected chi connectivity index (χ3v) is 1.51. The number of aryl methyl sites for hydroxylation is 1. The van der Waals surface area contributed by atoms with E-state index in [9.17, 15) is 4.79 Å². The highest BCUT2D eigenvalue weighted by Gasteiger charge is 2.08. The van der Waals surface area contributed by atoms with Gasteiger partial charge in [-0.05, 0) is 0 Å². The number of carbonyl (C=O) groups is 1. The Morgan fingerprint density at radius 3 is 2.77 bits per heavy atom. The predicted octanol–water partition coefficient (Wildman–Crippen LogP) is 0.650. The molecule has 1 amide bonds. The smallest absolute Gasteiger partial charge is 0.223 e. The molecule has 0 aliphatic heterocycles. The Hall–Kier alpha value is -1.39. The maximum atomic E-state index is 11.1. The van der Waals surface area contributed by atoms with Gasteiger partial charge in [0.15, 0.2) is 5.82 Å². The molecular formula is C8H13N3O2. The van der Waals surface area contributed by atoms with Gasteiger partial charge in [-0.25, -0.2) is 0 Å². The second-order valence-corrected chi connectivity index (χ2v) is 3.10. The summed E-state index contributed by atoms with van der Waals surface area (Å²) in [4.78, 5) is 15.1. The number of hydrogen-bond acceptors (Lipinski definition) is 4. The second-order valence-electron chi connectivity index (χ2n) is 3.10. The van der Waals surface area contributed by atoms with Crippen molar-refractivity contribution < 1.29 is 9.32 Å². The Balaban J connectivity index is 2.39. The Bertz CT molecular complexity index is 293. The van der Waals surface area contributed by atoms with E-state index in [4.69, 9.17) is 4.52 Å². The minimum Gasteiger partial charge on any atom is -0.348 e. The summed E-state index contributed by atoms with van der Waals surface area (Å²) in [6, 6.07) is 0. The number of amides is 1. The van der Waals surface area contributed by atoms with E-state index in [0.717, 1.165) is 0 Å². The number of aromatic nitrogens is 2. The molecule has 0 saturated carbocycles. The first kappa shape index (κ1) is 9.70. The van der Waals surface area contributed by atoms with Gasteiger partial charge >= 0.3 is 0 Å². The SMILES string of the molecule is Cc1nc(CNC(=O)C(C)C)no1. The average molecular weight is 183 g/mol. The normalized spacial score (nSPS) is 10.5. The standard InChI is InChI=1S/C8H13N3O2/c1-5(2)8(12)9-4-7-10-6(3)13-11-7/h5H,4H2,1-3H3,(H,9,12). The van der Waals surface area contributed by atoms with Crippen LogP contribution in [0.25, 0.3) is 0 Å². The minimum atomic E-state index is -0.0204. The van der Waals surface area contributed by atoms with E-state index in [0.29, 0.717) is 18.3 Å². The fraction of sp³-hybridized carbons (Fsp3) is 0.625. The van der Waals surface area contributed by atoms with E-state index in [-0.39, 0.29) is 11.8 Å². The zero-order chi connectivity index (χ0) is 9.84. The van der Waals surface area contributed by atoms with Gasteiger partial charge in [0.25, 0.3) is 0 Å². The van der Waals surface area contributed by atoms with E-state index < -0.39 is 0 Å². The van der Waals surface area contributed by atoms with Crippen molar-refractivity contribution in [1.29, 1.82) is 0 Å². The number of hydrogen-bond donors (Lipinski definition) is 1. The molecule has 5 heteroatoms. The van der Waals surface area contributed by atoms with Crippen LogP contribution in [0.2, 0.25) is 0 Å². The summed E-state index contributed by atoms with van der Waals surface area (Å²) in [5.74, 6) is 0.982. The molecule has 1 aromatic rings. The van der Waals surface area contributed by atoms with E-state index in [2.05, 4.69) is 15.5 Å². The van der Waals surface area contributed by atoms with Crippen LogP contribution in [0.4, 0.5) is 0 Å². The minimum absolute atomic E-state index is 0.0116. The number of carbonyl (C=O) groups excluding carboxylic acids is 1. The van der Waals surface area contributed by atoms with Crippen molar-refractivity contribution >= 4 is 5.91 Å². The summed E-state index contributed by atoms with van der Waals surface area (Å²) in [6.45, 7) is 5.70. The van der Waals surface area contributed by atoms with Crippen molar-refractivity contribution in [3.8, 4) is 0 Å². The first-order chi connectivity index (χ1) is 6.09. The highest BCUT2D eigenvalue weighted by atomic mass is 16.5. The van der Waals surface area contributed by atoms with Gasteiger partial charge in [0, 0.05) is 12.8 Å². The lowest BCUT2D eigenvalue weighted by Crippen LogP contribution is -2.27. The lowest BCUT2D eigenvalue weighted by Gasteiger charge is -2.03. The number of nitrogens with one attached hydrogen (secondary N) is 1. The predicted molar refractivity (Wildman–Crippen MR) is 45.7 cm³/mol. The van der Waals surface area contributed by atoms with Crippen molar-refractivity contribution in [3.63, 3.8) is 0 Å². The van der Waals surface area contributed by atoms with E-state index in [1.807, 2.05) is 13.8 Å². The van der Waals surface area contributed by atoms with Crippen LogP contribution in [-0.4, -0.2) is 16.0 Å². The molecule has 0 radical (unpaired) electrons. The first-order valence-electron chi connectivity index (χ1n) is 4.16. The molecule has 0 bridgehead atoms. The van der Waals surface area contributed by atoms with Gasteiger partial charge in [0.1, 0.15) is 0 Å². The molecule has 0 spiro atoms. The molecule has 5 nitrogen and oxygen atoms in total. The quantitative estimate of drug-likeness (QED) is 0.747. The van der Waals surface area contributed by atoms with Crippen molar-refractivity contribution in [2.45, 2.75) is 27.3 Å². The molecule has 1 rings (SSSR count). The van der Waals surface area contributed by atoms with Crippen LogP contribution in [-0.2, 0) is 11.3 Å². The average Bonchev–Trinajstić information content (AvgIpc) is 2.47. The van der Waals surface area contributed by atoms with Crippen molar-refractivity contribution in [1.82, 2.24) is 15.5 Å². The van der Waals surface area contributed by atoms with E-state index in [1.54, 1.807) is 6.92 Å². The van der Waals surface area contributed by atoms with Crippen LogP contribution in [0, 0.1) is 12.8 Å². The zero-order valence-electron chi connectivity index (χ0n) is 8.00. The van der Waals surface area contributed by atoms with Crippen LogP contribution < -0.4 is 5.32 Å². The van der Waals surface area contributed by atoms with Crippen LogP contribution in [0.3, 0.4) is 0 Å². The number of nitrogens with zero attached hydrogens (tertiary/aromatic N) is 2. The van der Waals surface area contributed by atoms with Gasteiger partial charge in [-0.15, -0.1) is 0 Å². The Morgan fingerprint density at radius 1 is 1.62 bits per heavy atom. The fourth-order valence-corrected chi connectivity index (χ4v) is 0.783. The molecule has 0 aliphatic carbocycles. The van der Waals surface area contributed by atoms with Crippen molar-refractivity contribution in [3.05, 3.63) is 11.7 Å². The summed E-state index contributed by atoms with van der Waals surface area (Å²) in [6.07, 6.45) is 0. The summed E-state index contributed by atoms with van der Waals surface area (Å²) in [7, 11) is 0. The Kier molecular flexibility index (Phi) is 3.00. The summed E-state index contributed by atoms with van der Waals surface area (Å²) in [5.41, 5.74) is 0. The molecule has 0 fully saturated rings. The van der Waals surface area contributed by atoms with Gasteiger partial charge in [0.05, 0.1) is 6.54 Å². The molecule has 1 N–H and O–H groups in total. The lowest BCUT2D eigenvalue weighted by molar-refractivity contribution is -0.124. The van der Waals surface area contributed by atoms with Gasteiger partial charge in [-0.1, -0.05) is 19.0 Å². The molecule has 0 unspecified atom stereocenters. The van der Waals surface area contributed by atoms with Gasteiger partial charge in [0.2, 0.25) is 11.8 Å². The van der Waals surface area contributed by atoms with Gasteiger partial charge in [-0.3, -0.25) is 4.79 Å². The van der Waals surface area contributed by atoms with Gasteiger partial charge in [-0.2, -0.15) is 4.98 Å². The maximum Gasteiger partial charge on any atom is 0.223 e. The second kappa shape index (κ2) is 4.02. The van der Waals surface area contributed by atoms with Crippen LogP contribution >= 0.6 is 0 Å². The fourth-order valence-electron chi connectivity index (χ4n) is 0.783. The van der Waals surface area contributed by atoms with Crippen molar-refractivity contribution in [2.24, 2.45) is 5.92 Å². The molecule has 13 heavy (non-hydrogen) atoms. The topological polar surface area (TPSA) is 68.0 Å². The highest BCUT2D eigenvalue weighted by molar-refractivity contribution is 5.77. The number of rotatable bonds is 3. The summed E-state index contributed by atoms with van der Waals surface area (Å²) < 4.78 is 4.74. The van der Waals surface area contributed by atoms with Crippen LogP contribution in [0.15, 0.2) is 4.52 Å². The Morgan fingerprint density at radius 2 is 2.31 bits per heavy atom. The third-order valence-electron chi connectivity index (χ3n) is 1.51. The molecule has 0 aromatic carbocycles. The molecule has 0 aliphatic rings.